The maximum Gasteiger partial charge on any atom is 0.400 e. The third kappa shape index (κ3) is 22.0. The van der Waals surface area contributed by atoms with Crippen LogP contribution in [-0.4, -0.2) is 41.4 Å². The van der Waals surface area contributed by atoms with E-state index in [-0.39, 0.29) is 0 Å². The Balaban J connectivity index is 3.19. The molecule has 3 N–H and O–H groups in total. The first kappa shape index (κ1) is 25.1. The van der Waals surface area contributed by atoms with Gasteiger partial charge in [-0.3, -0.25) is 0 Å². The summed E-state index contributed by atoms with van der Waals surface area (Å²) in [6.45, 7) is 4.78. The lowest BCUT2D eigenvalue weighted by atomic mass is 10.1. The molecule has 0 saturated heterocycles. The smallest absolute Gasteiger partial charge is 0.313 e. The second-order valence-electron chi connectivity index (χ2n) is 7.35. The zero-order chi connectivity index (χ0) is 18.8. The van der Waals surface area contributed by atoms with Crippen molar-refractivity contribution in [3.8, 4) is 0 Å². The SMILES string of the molecule is CCCCCCCCCCCCCCN(C)CCCCNP(=O)(O)O. The molecular formula is C19H43N2O3P. The van der Waals surface area contributed by atoms with Gasteiger partial charge >= 0.3 is 7.75 Å². The summed E-state index contributed by atoms with van der Waals surface area (Å²) in [5.41, 5.74) is 0. The molecule has 0 saturated carbocycles. The fourth-order valence-corrected chi connectivity index (χ4v) is 3.52. The topological polar surface area (TPSA) is 72.8 Å². The van der Waals surface area contributed by atoms with Gasteiger partial charge in [0, 0.05) is 6.54 Å². The highest BCUT2D eigenvalue weighted by atomic mass is 31.2. The molecule has 0 bridgehead atoms. The molecule has 0 atom stereocenters. The van der Waals surface area contributed by atoms with Gasteiger partial charge in [-0.15, -0.1) is 0 Å². The van der Waals surface area contributed by atoms with Gasteiger partial charge in [-0.2, -0.15) is 0 Å². The van der Waals surface area contributed by atoms with Crippen LogP contribution in [0.1, 0.15) is 96.8 Å². The van der Waals surface area contributed by atoms with Crippen LogP contribution in [0.2, 0.25) is 0 Å². The normalized spacial score (nSPS) is 12.2. The molecule has 0 amide bonds. The molecule has 0 aliphatic heterocycles. The second kappa shape index (κ2) is 17.5. The van der Waals surface area contributed by atoms with Crippen molar-refractivity contribution < 1.29 is 14.4 Å². The number of hydrogen-bond acceptors (Lipinski definition) is 2. The maximum atomic E-state index is 10.6. The quantitative estimate of drug-likeness (QED) is 0.216. The molecule has 0 spiro atoms. The van der Waals surface area contributed by atoms with E-state index in [1.165, 1.54) is 77.0 Å². The molecule has 0 aromatic heterocycles. The highest BCUT2D eigenvalue weighted by Gasteiger charge is 2.09. The third-order valence-corrected chi connectivity index (χ3v) is 5.31. The Morgan fingerprint density at radius 2 is 1.12 bits per heavy atom. The third-order valence-electron chi connectivity index (χ3n) is 4.68. The van der Waals surface area contributed by atoms with E-state index in [1.54, 1.807) is 0 Å². The van der Waals surface area contributed by atoms with E-state index in [1.807, 2.05) is 0 Å². The van der Waals surface area contributed by atoms with Crippen molar-refractivity contribution in [1.82, 2.24) is 9.99 Å². The van der Waals surface area contributed by atoms with E-state index in [4.69, 9.17) is 9.79 Å². The first-order valence-corrected chi connectivity index (χ1v) is 12.1. The van der Waals surface area contributed by atoms with E-state index in [2.05, 4.69) is 24.0 Å². The van der Waals surface area contributed by atoms with Gasteiger partial charge in [0.25, 0.3) is 0 Å². The Bertz CT molecular complexity index is 324. The van der Waals surface area contributed by atoms with Gasteiger partial charge in [-0.1, -0.05) is 77.6 Å². The van der Waals surface area contributed by atoms with Crippen molar-refractivity contribution in [2.45, 2.75) is 96.8 Å². The summed E-state index contributed by atoms with van der Waals surface area (Å²) < 4.78 is 10.6. The Kier molecular flexibility index (Phi) is 17.5. The Hall–Kier alpha value is 0.0700. The van der Waals surface area contributed by atoms with Gasteiger partial charge in [0.1, 0.15) is 0 Å². The molecular weight excluding hydrogens is 335 g/mol. The molecule has 0 aromatic carbocycles. The largest absolute Gasteiger partial charge is 0.400 e. The molecule has 6 heteroatoms. The fraction of sp³-hybridized carbons (Fsp3) is 1.00. The summed E-state index contributed by atoms with van der Waals surface area (Å²) in [6, 6.07) is 0. The van der Waals surface area contributed by atoms with E-state index < -0.39 is 7.75 Å². The van der Waals surface area contributed by atoms with Crippen molar-refractivity contribution in [2.24, 2.45) is 0 Å². The Labute approximate surface area is 156 Å². The number of nitrogens with zero attached hydrogens (tertiary/aromatic N) is 1. The van der Waals surface area contributed by atoms with Crippen molar-refractivity contribution >= 4 is 7.75 Å². The molecule has 0 heterocycles. The highest BCUT2D eigenvalue weighted by molar-refractivity contribution is 7.49. The van der Waals surface area contributed by atoms with Crippen molar-refractivity contribution in [1.29, 1.82) is 0 Å². The molecule has 152 valence electrons. The molecule has 0 rings (SSSR count). The van der Waals surface area contributed by atoms with Gasteiger partial charge in [0.2, 0.25) is 0 Å². The van der Waals surface area contributed by atoms with E-state index >= 15 is 0 Å². The molecule has 0 radical (unpaired) electrons. The molecule has 0 unspecified atom stereocenters. The van der Waals surface area contributed by atoms with Crippen LogP contribution in [0.25, 0.3) is 0 Å². The van der Waals surface area contributed by atoms with Gasteiger partial charge < -0.3 is 14.7 Å². The summed E-state index contributed by atoms with van der Waals surface area (Å²) in [5, 5.41) is 2.24. The molecule has 5 nitrogen and oxygen atoms in total. The predicted molar refractivity (Wildman–Crippen MR) is 108 cm³/mol. The van der Waals surface area contributed by atoms with Crippen LogP contribution in [-0.2, 0) is 4.57 Å². The van der Waals surface area contributed by atoms with E-state index in [9.17, 15) is 4.57 Å². The van der Waals surface area contributed by atoms with Gasteiger partial charge in [-0.25, -0.2) is 9.65 Å². The molecule has 0 aliphatic rings. The summed E-state index contributed by atoms with van der Waals surface area (Å²) in [4.78, 5) is 19.7. The number of hydrogen-bond donors (Lipinski definition) is 3. The van der Waals surface area contributed by atoms with Crippen LogP contribution >= 0.6 is 7.75 Å². The lowest BCUT2D eigenvalue weighted by molar-refractivity contribution is 0.314. The maximum absolute atomic E-state index is 10.6. The van der Waals surface area contributed by atoms with Crippen LogP contribution in [0.3, 0.4) is 0 Å². The van der Waals surface area contributed by atoms with E-state index in [0.29, 0.717) is 6.54 Å². The van der Waals surface area contributed by atoms with Crippen molar-refractivity contribution in [2.75, 3.05) is 26.7 Å². The molecule has 0 fully saturated rings. The summed E-state index contributed by atoms with van der Waals surface area (Å²) in [7, 11) is -1.90. The average molecular weight is 379 g/mol. The summed E-state index contributed by atoms with van der Waals surface area (Å²) in [5.74, 6) is 0. The molecule has 0 aliphatic carbocycles. The number of unbranched alkanes of at least 4 members (excludes halogenated alkanes) is 12. The average Bonchev–Trinajstić information content (AvgIpc) is 2.54. The lowest BCUT2D eigenvalue weighted by Crippen LogP contribution is -2.22. The predicted octanol–water partition coefficient (Wildman–Crippen LogP) is 5.08. The number of rotatable bonds is 19. The number of nitrogens with one attached hydrogen (secondary N) is 1. The van der Waals surface area contributed by atoms with Crippen LogP contribution < -0.4 is 5.09 Å². The van der Waals surface area contributed by atoms with E-state index in [0.717, 1.165) is 25.9 Å². The second-order valence-corrected chi connectivity index (χ2v) is 8.76. The van der Waals surface area contributed by atoms with Crippen molar-refractivity contribution in [3.63, 3.8) is 0 Å². The minimum absolute atomic E-state index is 0.386. The minimum Gasteiger partial charge on any atom is -0.313 e. The lowest BCUT2D eigenvalue weighted by Gasteiger charge is -2.16. The zero-order valence-electron chi connectivity index (χ0n) is 16.7. The fourth-order valence-electron chi connectivity index (χ4n) is 3.07. The Morgan fingerprint density at radius 1 is 0.720 bits per heavy atom. The standard InChI is InChI=1S/C19H43N2O3P/c1-3-4-5-6-7-8-9-10-11-12-13-15-18-21(2)19-16-14-17-20-25(22,23)24/h3-19H2,1-2H3,(H3,20,22,23,24). The zero-order valence-corrected chi connectivity index (χ0v) is 17.6. The first-order valence-electron chi connectivity index (χ1n) is 10.4. The monoisotopic (exact) mass is 378 g/mol. The van der Waals surface area contributed by atoms with Gasteiger partial charge in [0.15, 0.2) is 0 Å². The van der Waals surface area contributed by atoms with Crippen LogP contribution in [0.5, 0.6) is 0 Å². The first-order chi connectivity index (χ1) is 12.0. The summed E-state index contributed by atoms with van der Waals surface area (Å²) >= 11 is 0. The van der Waals surface area contributed by atoms with Crippen molar-refractivity contribution in [3.05, 3.63) is 0 Å². The molecule has 0 aromatic rings. The molecule has 25 heavy (non-hydrogen) atoms. The minimum atomic E-state index is -4.04. The Morgan fingerprint density at radius 3 is 1.56 bits per heavy atom. The highest BCUT2D eigenvalue weighted by Crippen LogP contribution is 2.27. The van der Waals surface area contributed by atoms with Crippen LogP contribution in [0.15, 0.2) is 0 Å². The van der Waals surface area contributed by atoms with Gasteiger partial charge in [-0.05, 0) is 39.4 Å². The summed E-state index contributed by atoms with van der Waals surface area (Å²) in [6.07, 6.45) is 18.3. The van der Waals surface area contributed by atoms with Crippen LogP contribution in [0.4, 0.5) is 0 Å². The van der Waals surface area contributed by atoms with Crippen LogP contribution in [0, 0.1) is 0 Å². The van der Waals surface area contributed by atoms with Gasteiger partial charge in [0.05, 0.1) is 0 Å².